The summed E-state index contributed by atoms with van der Waals surface area (Å²) in [4.78, 5) is 51.9. The van der Waals surface area contributed by atoms with E-state index in [0.29, 0.717) is 5.69 Å². The highest BCUT2D eigenvalue weighted by atomic mass is 35.5. The number of amides is 4. The third kappa shape index (κ3) is 4.78. The first-order valence-corrected chi connectivity index (χ1v) is 17.1. The largest absolute Gasteiger partial charge is 0.505 e. The van der Waals surface area contributed by atoms with E-state index in [1.54, 1.807) is 24.3 Å². The summed E-state index contributed by atoms with van der Waals surface area (Å²) in [7, 11) is 0. The number of nitrogens with zero attached hydrogens (tertiary/aromatic N) is 2. The maximum Gasteiger partial charge on any atom is 0.258 e. The number of hydrogen-bond donors (Lipinski definition) is 2. The molecule has 0 bridgehead atoms. The van der Waals surface area contributed by atoms with E-state index in [4.69, 9.17) is 23.2 Å². The Bertz CT molecular complexity index is 2340. The first-order valence-electron chi connectivity index (χ1n) is 16.4. The van der Waals surface area contributed by atoms with Crippen molar-refractivity contribution in [3.8, 4) is 5.75 Å². The minimum atomic E-state index is -2.82. The molecule has 276 valence electrons. The number of phenols is 1. The molecule has 16 heteroatoms. The Kier molecular flexibility index (Phi) is 8.16. The van der Waals surface area contributed by atoms with Crippen LogP contribution >= 0.6 is 23.2 Å². The summed E-state index contributed by atoms with van der Waals surface area (Å²) < 4.78 is 88.3. The molecule has 3 fully saturated rings. The molecule has 4 amide bonds. The van der Waals surface area contributed by atoms with E-state index >= 15 is 8.78 Å². The number of carbonyl (C=O) groups is 4. The summed E-state index contributed by atoms with van der Waals surface area (Å²) >= 11 is 14.1. The fourth-order valence-corrected chi connectivity index (χ4v) is 9.21. The second-order valence-corrected chi connectivity index (χ2v) is 14.7. The fraction of sp³-hybridized carbons (Fsp3) is 0.211. The molecule has 2 aliphatic heterocycles. The highest BCUT2D eigenvalue weighted by molar-refractivity contribution is 6.58. The zero-order valence-corrected chi connectivity index (χ0v) is 28.7. The summed E-state index contributed by atoms with van der Waals surface area (Å²) in [6, 6.07) is 18.4. The lowest BCUT2D eigenvalue weighted by molar-refractivity contribution is -0.125. The van der Waals surface area contributed by atoms with Gasteiger partial charge in [0.15, 0.2) is 44.6 Å². The van der Waals surface area contributed by atoms with Crippen LogP contribution < -0.4 is 15.1 Å². The molecule has 1 saturated carbocycles. The van der Waals surface area contributed by atoms with Gasteiger partial charge in [-0.15, -0.1) is 23.2 Å². The number of halogens is 8. The van der Waals surface area contributed by atoms with Crippen molar-refractivity contribution >= 4 is 69.6 Å². The monoisotopic (exact) mass is 785 g/mol. The summed E-state index contributed by atoms with van der Waals surface area (Å²) in [6.07, 6.45) is 0.668. The zero-order chi connectivity index (χ0) is 38.6. The molecule has 2 aliphatic carbocycles. The third-order valence-corrected chi connectivity index (χ3v) is 12.1. The van der Waals surface area contributed by atoms with Crippen molar-refractivity contribution < 1.29 is 50.6 Å². The molecule has 2 heterocycles. The van der Waals surface area contributed by atoms with Crippen LogP contribution in [0.3, 0.4) is 0 Å². The van der Waals surface area contributed by atoms with E-state index in [1.165, 1.54) is 6.08 Å². The van der Waals surface area contributed by atoms with Crippen molar-refractivity contribution in [2.24, 2.45) is 17.8 Å². The Labute approximate surface area is 311 Å². The number of para-hydroxylation sites is 1. The number of phenolic OH excluding ortho intramolecular Hbond substituents is 1. The van der Waals surface area contributed by atoms with Crippen molar-refractivity contribution in [2.75, 3.05) is 15.1 Å². The smallest absolute Gasteiger partial charge is 0.258 e. The van der Waals surface area contributed by atoms with Gasteiger partial charge in [-0.05, 0) is 72.9 Å². The van der Waals surface area contributed by atoms with Gasteiger partial charge >= 0.3 is 0 Å². The number of fused-ring (bicyclic) bond motifs is 4. The van der Waals surface area contributed by atoms with Gasteiger partial charge < -0.3 is 10.4 Å². The number of aromatic hydroxyl groups is 1. The topological polar surface area (TPSA) is 107 Å². The molecule has 2 saturated heterocycles. The highest BCUT2D eigenvalue weighted by Gasteiger charge is 2.77. The quantitative estimate of drug-likeness (QED) is 0.0536. The molecular weight excluding hydrogens is 763 g/mol. The van der Waals surface area contributed by atoms with Gasteiger partial charge in [-0.2, -0.15) is 0 Å². The standard InChI is InChI=1S/C38H23Cl2F6N3O5/c39-37-15-22-20(11-12-21-25(22)34(52)48(33(21)51)19-9-7-18(8-10-19)47-17-4-2-1-3-5-17)26(16-6-13-24(50)23(41)14-16)38(37,40)36(54)49(35(37)53)32-30(45)28(43)27(42)29(44)31(32)46/h1-11,13-14,21-22,25-26,47,50H,12,15H2/t21-,22+,25-,26-,37+,38-/m0/s1. The highest BCUT2D eigenvalue weighted by Crippen LogP contribution is 2.66. The van der Waals surface area contributed by atoms with Crippen LogP contribution in [-0.4, -0.2) is 38.5 Å². The predicted octanol–water partition coefficient (Wildman–Crippen LogP) is 7.74. The number of allylic oxidation sites excluding steroid dienone is 2. The Morgan fingerprint density at radius 2 is 1.31 bits per heavy atom. The minimum Gasteiger partial charge on any atom is -0.505 e. The molecule has 4 aromatic rings. The van der Waals surface area contributed by atoms with E-state index in [0.717, 1.165) is 28.8 Å². The van der Waals surface area contributed by atoms with E-state index in [-0.39, 0.29) is 28.1 Å². The Morgan fingerprint density at radius 1 is 0.704 bits per heavy atom. The number of carbonyl (C=O) groups excluding carboxylic acids is 4. The van der Waals surface area contributed by atoms with Crippen LogP contribution in [0.5, 0.6) is 5.75 Å². The lowest BCUT2D eigenvalue weighted by atomic mass is 9.56. The molecule has 0 spiro atoms. The number of benzene rings is 4. The number of alkyl halides is 2. The average Bonchev–Trinajstić information content (AvgIpc) is 3.50. The van der Waals surface area contributed by atoms with Crippen molar-refractivity contribution in [3.05, 3.63) is 125 Å². The van der Waals surface area contributed by atoms with Crippen molar-refractivity contribution in [1.82, 2.24) is 0 Å². The van der Waals surface area contributed by atoms with Crippen LogP contribution in [0.25, 0.3) is 0 Å². The van der Waals surface area contributed by atoms with Gasteiger partial charge in [-0.25, -0.2) is 31.2 Å². The van der Waals surface area contributed by atoms with Crippen LogP contribution in [0.1, 0.15) is 24.3 Å². The van der Waals surface area contributed by atoms with Gasteiger partial charge in [0.05, 0.1) is 17.5 Å². The van der Waals surface area contributed by atoms with Crippen LogP contribution in [0.2, 0.25) is 0 Å². The van der Waals surface area contributed by atoms with Gasteiger partial charge in [-0.3, -0.25) is 24.1 Å². The van der Waals surface area contributed by atoms with E-state index < -0.39 is 110 Å². The van der Waals surface area contributed by atoms with Gasteiger partial charge in [0.1, 0.15) is 5.69 Å². The van der Waals surface area contributed by atoms with Gasteiger partial charge in [0.2, 0.25) is 17.6 Å². The Hall–Kier alpha value is -5.34. The molecule has 0 radical (unpaired) electrons. The molecule has 8 nitrogen and oxygen atoms in total. The van der Waals surface area contributed by atoms with E-state index in [2.05, 4.69) is 5.32 Å². The van der Waals surface area contributed by atoms with Crippen molar-refractivity contribution in [2.45, 2.75) is 28.5 Å². The summed E-state index contributed by atoms with van der Waals surface area (Å²) in [5.41, 5.74) is -0.331. The normalized spacial score (nSPS) is 27.5. The number of rotatable bonds is 5. The van der Waals surface area contributed by atoms with Gasteiger partial charge in [0.25, 0.3) is 11.8 Å². The van der Waals surface area contributed by atoms with Crippen LogP contribution in [0.4, 0.5) is 49.1 Å². The maximum atomic E-state index is 15.2. The third-order valence-electron chi connectivity index (χ3n) is 10.7. The second kappa shape index (κ2) is 12.4. The van der Waals surface area contributed by atoms with Crippen molar-refractivity contribution in [1.29, 1.82) is 0 Å². The summed E-state index contributed by atoms with van der Waals surface area (Å²) in [5, 5.41) is 13.1. The summed E-state index contributed by atoms with van der Waals surface area (Å²) in [6.45, 7) is 0. The van der Waals surface area contributed by atoms with Gasteiger partial charge in [-0.1, -0.05) is 35.9 Å². The maximum absolute atomic E-state index is 15.2. The van der Waals surface area contributed by atoms with Gasteiger partial charge in [0, 0.05) is 17.3 Å². The van der Waals surface area contributed by atoms with Crippen LogP contribution in [0, 0.1) is 52.7 Å². The molecule has 0 aromatic heterocycles. The molecule has 4 aliphatic rings. The van der Waals surface area contributed by atoms with Crippen LogP contribution in [0.15, 0.2) is 84.4 Å². The number of hydrogen-bond acceptors (Lipinski definition) is 6. The SMILES string of the molecule is O=C1[C@H]2[C@H](CC=C3[C@H]2C[C@@]2(Cl)C(=O)N(c4c(F)c(F)c(F)c(F)c4F)C(=O)[C@@]2(Cl)[C@H]3c2ccc(O)c(F)c2)C(=O)N1c1ccc(Nc2ccccc2)cc1. The Balaban J connectivity index is 1.23. The zero-order valence-electron chi connectivity index (χ0n) is 27.2. The van der Waals surface area contributed by atoms with Crippen molar-refractivity contribution in [3.63, 3.8) is 0 Å². The molecule has 54 heavy (non-hydrogen) atoms. The minimum absolute atomic E-state index is 0.103. The summed E-state index contributed by atoms with van der Waals surface area (Å²) in [5.74, 6) is -24.3. The lowest BCUT2D eigenvalue weighted by Gasteiger charge is -2.50. The molecule has 4 aromatic carbocycles. The number of nitrogens with one attached hydrogen (secondary N) is 1. The number of imide groups is 2. The second-order valence-electron chi connectivity index (χ2n) is 13.5. The van der Waals surface area contributed by atoms with E-state index in [9.17, 15) is 41.8 Å². The first-order chi connectivity index (χ1) is 25.6. The number of anilines is 4. The Morgan fingerprint density at radius 3 is 1.94 bits per heavy atom. The lowest BCUT2D eigenvalue weighted by Crippen LogP contribution is -2.60. The van der Waals surface area contributed by atoms with Crippen LogP contribution in [-0.2, 0) is 19.2 Å². The first kappa shape index (κ1) is 35.7. The molecule has 0 unspecified atom stereocenters. The van der Waals surface area contributed by atoms with E-state index in [1.807, 2.05) is 30.3 Å². The molecule has 8 rings (SSSR count). The fourth-order valence-electron chi connectivity index (χ4n) is 8.28. The molecule has 6 atom stereocenters. The average molecular weight is 787 g/mol. The predicted molar refractivity (Wildman–Crippen MR) is 183 cm³/mol. The molecule has 2 N–H and O–H groups in total. The molecular formula is C38H23Cl2F6N3O5.